The smallest absolute Gasteiger partial charge is 0.221 e. The fraction of sp³-hybridized carbons (Fsp3) is 0.0833. The van der Waals surface area contributed by atoms with Gasteiger partial charge in [-0.15, -0.1) is 0 Å². The molecule has 0 aromatic heterocycles. The number of benzene rings is 1. The summed E-state index contributed by atoms with van der Waals surface area (Å²) in [6.45, 7) is 8.65. The minimum atomic E-state index is -1.38. The summed E-state index contributed by atoms with van der Waals surface area (Å²) >= 11 is 0. The molecule has 1 atom stereocenters. The lowest BCUT2D eigenvalue weighted by molar-refractivity contribution is -0.118. The van der Waals surface area contributed by atoms with Gasteiger partial charge in [0, 0.05) is 17.5 Å². The maximum atomic E-state index is 12.0. The quantitative estimate of drug-likeness (QED) is 0.811. The Morgan fingerprint density at radius 3 is 2.31 bits per heavy atom. The van der Waals surface area contributed by atoms with Gasteiger partial charge in [0.15, 0.2) is 0 Å². The Bertz CT molecular complexity index is 451. The van der Waals surface area contributed by atoms with Crippen molar-refractivity contribution in [3.8, 4) is 0 Å². The number of amides is 1. The number of hydrogen-bond donors (Lipinski definition) is 1. The van der Waals surface area contributed by atoms with E-state index in [1.807, 2.05) is 6.07 Å². The SMILES string of the molecule is C=C(NC(C)=O)C(=C)S(=O)c1ccccc1. The molecule has 3 nitrogen and oxygen atoms in total. The lowest BCUT2D eigenvalue weighted by Gasteiger charge is -2.09. The molecule has 0 saturated carbocycles. The van der Waals surface area contributed by atoms with E-state index < -0.39 is 10.8 Å². The number of hydrogen-bond acceptors (Lipinski definition) is 2. The Labute approximate surface area is 97.3 Å². The molecule has 0 aliphatic heterocycles. The Kier molecular flexibility index (Phi) is 4.19. The maximum Gasteiger partial charge on any atom is 0.221 e. The van der Waals surface area contributed by atoms with Crippen LogP contribution < -0.4 is 5.32 Å². The van der Waals surface area contributed by atoms with E-state index in [0.29, 0.717) is 9.80 Å². The topological polar surface area (TPSA) is 46.2 Å². The van der Waals surface area contributed by atoms with Gasteiger partial charge in [0.2, 0.25) is 5.91 Å². The Balaban J connectivity index is 2.80. The summed E-state index contributed by atoms with van der Waals surface area (Å²) in [5.41, 5.74) is 0.287. The fourth-order valence-corrected chi connectivity index (χ4v) is 2.04. The van der Waals surface area contributed by atoms with Crippen LogP contribution in [0.1, 0.15) is 6.92 Å². The molecule has 1 aromatic rings. The number of rotatable bonds is 4. The van der Waals surface area contributed by atoms with Crippen molar-refractivity contribution < 1.29 is 9.00 Å². The highest BCUT2D eigenvalue weighted by molar-refractivity contribution is 7.89. The van der Waals surface area contributed by atoms with Crippen LogP contribution in [0.25, 0.3) is 0 Å². The minimum Gasteiger partial charge on any atom is -0.326 e. The highest BCUT2D eigenvalue weighted by Gasteiger charge is 2.11. The third-order valence-electron chi connectivity index (χ3n) is 1.84. The summed E-state index contributed by atoms with van der Waals surface area (Å²) in [7, 11) is -1.38. The first kappa shape index (κ1) is 12.4. The van der Waals surface area contributed by atoms with Gasteiger partial charge in [0.05, 0.1) is 15.7 Å². The minimum absolute atomic E-state index is 0.254. The van der Waals surface area contributed by atoms with Gasteiger partial charge in [-0.25, -0.2) is 4.21 Å². The Morgan fingerprint density at radius 2 is 1.81 bits per heavy atom. The molecule has 0 bridgehead atoms. The van der Waals surface area contributed by atoms with E-state index in [1.165, 1.54) is 6.92 Å². The molecule has 1 rings (SSSR count). The second-order valence-corrected chi connectivity index (χ2v) is 4.67. The number of carbonyl (C=O) groups excluding carboxylic acids is 1. The Hall–Kier alpha value is -1.68. The van der Waals surface area contributed by atoms with Crippen molar-refractivity contribution >= 4 is 16.7 Å². The molecule has 0 spiro atoms. The van der Waals surface area contributed by atoms with Crippen molar-refractivity contribution in [1.29, 1.82) is 0 Å². The van der Waals surface area contributed by atoms with Gasteiger partial charge in [-0.1, -0.05) is 31.4 Å². The van der Waals surface area contributed by atoms with Crippen molar-refractivity contribution in [2.24, 2.45) is 0 Å². The van der Waals surface area contributed by atoms with E-state index in [9.17, 15) is 9.00 Å². The van der Waals surface area contributed by atoms with Crippen LogP contribution in [0.15, 0.2) is 59.0 Å². The van der Waals surface area contributed by atoms with E-state index >= 15 is 0 Å². The summed E-state index contributed by atoms with van der Waals surface area (Å²) in [6, 6.07) is 8.90. The third kappa shape index (κ3) is 3.17. The molecule has 0 radical (unpaired) electrons. The highest BCUT2D eigenvalue weighted by atomic mass is 32.2. The molecule has 1 aromatic carbocycles. The zero-order valence-corrected chi connectivity index (χ0v) is 9.84. The van der Waals surface area contributed by atoms with E-state index in [4.69, 9.17) is 0 Å². The molecule has 0 heterocycles. The molecule has 4 heteroatoms. The summed E-state index contributed by atoms with van der Waals surface area (Å²) < 4.78 is 12.0. The zero-order valence-electron chi connectivity index (χ0n) is 9.03. The molecule has 1 amide bonds. The molecular weight excluding hydrogens is 222 g/mol. The largest absolute Gasteiger partial charge is 0.326 e. The molecule has 84 valence electrons. The van der Waals surface area contributed by atoms with Crippen molar-refractivity contribution in [1.82, 2.24) is 5.32 Å². The van der Waals surface area contributed by atoms with Crippen LogP contribution in [0.3, 0.4) is 0 Å². The number of carbonyl (C=O) groups is 1. The first-order valence-corrected chi connectivity index (χ1v) is 5.80. The normalized spacial score (nSPS) is 11.6. The van der Waals surface area contributed by atoms with Crippen molar-refractivity contribution in [2.45, 2.75) is 11.8 Å². The number of nitrogens with one attached hydrogen (secondary N) is 1. The Morgan fingerprint density at radius 1 is 1.25 bits per heavy atom. The van der Waals surface area contributed by atoms with Gasteiger partial charge >= 0.3 is 0 Å². The average Bonchev–Trinajstić information content (AvgIpc) is 2.27. The van der Waals surface area contributed by atoms with Gasteiger partial charge in [-0.3, -0.25) is 4.79 Å². The second kappa shape index (κ2) is 5.42. The van der Waals surface area contributed by atoms with Gasteiger partial charge < -0.3 is 5.32 Å². The van der Waals surface area contributed by atoms with Gasteiger partial charge in [-0.05, 0) is 12.1 Å². The van der Waals surface area contributed by atoms with Crippen LogP contribution in [0.2, 0.25) is 0 Å². The van der Waals surface area contributed by atoms with Gasteiger partial charge in [-0.2, -0.15) is 0 Å². The average molecular weight is 235 g/mol. The van der Waals surface area contributed by atoms with Gasteiger partial charge in [0.1, 0.15) is 0 Å². The summed E-state index contributed by atoms with van der Waals surface area (Å²) in [4.78, 5) is 11.8. The highest BCUT2D eigenvalue weighted by Crippen LogP contribution is 2.16. The van der Waals surface area contributed by atoms with Crippen LogP contribution in [0, 0.1) is 0 Å². The van der Waals surface area contributed by atoms with E-state index in [0.717, 1.165) is 0 Å². The molecule has 0 aliphatic carbocycles. The summed E-state index contributed by atoms with van der Waals surface area (Å²) in [5, 5.41) is 2.47. The maximum absolute atomic E-state index is 12.0. The van der Waals surface area contributed by atoms with Crippen LogP contribution >= 0.6 is 0 Å². The standard InChI is InChI=1S/C12H13NO2S/c1-9(13-11(3)14)10(2)16(15)12-7-5-4-6-8-12/h4-8H,1-2H2,3H3,(H,13,14). The first-order chi connectivity index (χ1) is 7.52. The lowest BCUT2D eigenvalue weighted by atomic mass is 10.4. The van der Waals surface area contributed by atoms with E-state index in [-0.39, 0.29) is 11.6 Å². The first-order valence-electron chi connectivity index (χ1n) is 4.65. The molecule has 0 fully saturated rings. The van der Waals surface area contributed by atoms with Crippen LogP contribution in [0.4, 0.5) is 0 Å². The van der Waals surface area contributed by atoms with Crippen molar-refractivity contribution in [2.75, 3.05) is 0 Å². The van der Waals surface area contributed by atoms with Crippen molar-refractivity contribution in [3.05, 3.63) is 54.1 Å². The van der Waals surface area contributed by atoms with E-state index in [1.54, 1.807) is 24.3 Å². The van der Waals surface area contributed by atoms with E-state index in [2.05, 4.69) is 18.5 Å². The van der Waals surface area contributed by atoms with Crippen LogP contribution in [-0.2, 0) is 15.6 Å². The molecular formula is C12H13NO2S. The fourth-order valence-electron chi connectivity index (χ4n) is 1.08. The molecule has 0 saturated heterocycles. The summed E-state index contributed by atoms with van der Waals surface area (Å²) in [6.07, 6.45) is 0. The third-order valence-corrected chi connectivity index (χ3v) is 3.24. The summed E-state index contributed by atoms with van der Waals surface area (Å²) in [5.74, 6) is -0.254. The van der Waals surface area contributed by atoms with Crippen molar-refractivity contribution in [3.63, 3.8) is 0 Å². The molecule has 1 N–H and O–H groups in total. The monoisotopic (exact) mass is 235 g/mol. The van der Waals surface area contributed by atoms with Crippen LogP contribution in [-0.4, -0.2) is 10.1 Å². The zero-order chi connectivity index (χ0) is 12.1. The van der Waals surface area contributed by atoms with Gasteiger partial charge in [0.25, 0.3) is 0 Å². The second-order valence-electron chi connectivity index (χ2n) is 3.16. The predicted octanol–water partition coefficient (Wildman–Crippen LogP) is 1.96. The predicted molar refractivity (Wildman–Crippen MR) is 64.9 cm³/mol. The molecule has 1 unspecified atom stereocenters. The molecule has 16 heavy (non-hydrogen) atoms. The van der Waals surface area contributed by atoms with Crippen LogP contribution in [0.5, 0.6) is 0 Å². The molecule has 0 aliphatic rings. The lowest BCUT2D eigenvalue weighted by Crippen LogP contribution is -2.20.